The van der Waals surface area contributed by atoms with Gasteiger partial charge in [0.25, 0.3) is 5.91 Å². The number of methoxy groups -OCH3 is 1. The molecule has 0 aromatic heterocycles. The summed E-state index contributed by atoms with van der Waals surface area (Å²) in [6.45, 7) is 8.27. The molecule has 0 bridgehead atoms. The predicted molar refractivity (Wildman–Crippen MR) is 160 cm³/mol. The lowest BCUT2D eigenvalue weighted by Gasteiger charge is -2.19. The summed E-state index contributed by atoms with van der Waals surface area (Å²) in [6.07, 6.45) is -4.28. The summed E-state index contributed by atoms with van der Waals surface area (Å²) < 4.78 is 65.8. The summed E-state index contributed by atoms with van der Waals surface area (Å²) in [5.41, 5.74) is -3.38. The van der Waals surface area contributed by atoms with Crippen LogP contribution in [0.3, 0.4) is 0 Å². The quantitative estimate of drug-likeness (QED) is 0.130. The van der Waals surface area contributed by atoms with Crippen molar-refractivity contribution in [2.75, 3.05) is 59.8 Å². The molecule has 1 aromatic rings. The van der Waals surface area contributed by atoms with Crippen molar-refractivity contribution in [3.63, 3.8) is 0 Å². The minimum absolute atomic E-state index is 0.0115. The Labute approximate surface area is 271 Å². The SMILES string of the molecule is COC(=O)CC[C@H](NC(=O)c1ccc(C2(C(F)(F)F)N=N2)cc1)C(=O)NCCCOCCOCCOCCCNC(=O)OC(C)(C)C. The number of carbonyl (C=O) groups excluding carboxylic acids is 4. The van der Waals surface area contributed by atoms with Gasteiger partial charge in [0.1, 0.15) is 11.6 Å². The molecule has 264 valence electrons. The van der Waals surface area contributed by atoms with Gasteiger partial charge in [-0.2, -0.15) is 13.2 Å². The van der Waals surface area contributed by atoms with Crippen LogP contribution in [0.5, 0.6) is 0 Å². The molecule has 0 radical (unpaired) electrons. The summed E-state index contributed by atoms with van der Waals surface area (Å²) >= 11 is 0. The molecule has 0 unspecified atom stereocenters. The fourth-order valence-electron chi connectivity index (χ4n) is 3.90. The van der Waals surface area contributed by atoms with E-state index < -0.39 is 47.4 Å². The molecular weight excluding hydrogens is 631 g/mol. The molecule has 17 heteroatoms. The van der Waals surface area contributed by atoms with Crippen LogP contribution >= 0.6 is 0 Å². The Morgan fingerprint density at radius 1 is 0.830 bits per heavy atom. The predicted octanol–water partition coefficient (Wildman–Crippen LogP) is 3.39. The van der Waals surface area contributed by atoms with E-state index in [1.807, 2.05) is 0 Å². The van der Waals surface area contributed by atoms with E-state index in [2.05, 4.69) is 30.9 Å². The number of hydrogen-bond donors (Lipinski definition) is 3. The summed E-state index contributed by atoms with van der Waals surface area (Å²) in [7, 11) is 1.19. The molecular formula is C30H44F3N5O9. The lowest BCUT2D eigenvalue weighted by molar-refractivity contribution is -0.166. The molecule has 1 aliphatic rings. The number of carbonyl (C=O) groups is 4. The molecule has 1 aliphatic heterocycles. The summed E-state index contributed by atoms with van der Waals surface area (Å²) in [5.74, 6) is -1.84. The van der Waals surface area contributed by atoms with Crippen LogP contribution in [0.1, 0.15) is 62.4 Å². The number of benzene rings is 1. The smallest absolute Gasteiger partial charge is 0.442 e. The van der Waals surface area contributed by atoms with Crippen molar-refractivity contribution in [3.8, 4) is 0 Å². The molecule has 3 amide bonds. The third-order valence-corrected chi connectivity index (χ3v) is 6.37. The first-order chi connectivity index (χ1) is 22.2. The van der Waals surface area contributed by atoms with E-state index in [0.717, 1.165) is 12.1 Å². The molecule has 3 N–H and O–H groups in total. The monoisotopic (exact) mass is 675 g/mol. The van der Waals surface area contributed by atoms with E-state index in [-0.39, 0.29) is 30.5 Å². The molecule has 14 nitrogen and oxygen atoms in total. The molecule has 0 saturated heterocycles. The number of hydrogen-bond acceptors (Lipinski definition) is 11. The second-order valence-electron chi connectivity index (χ2n) is 11.4. The Morgan fingerprint density at radius 2 is 1.36 bits per heavy atom. The van der Waals surface area contributed by atoms with Gasteiger partial charge in [-0.1, -0.05) is 12.1 Å². The standard InChI is InChI=1S/C30H44F3N5O9/c1-28(2,3)47-27(42)35-14-6-16-45-18-20-46-19-17-44-15-5-13-34-26(41)23(11-12-24(39)43-4)36-25(40)21-7-9-22(10-8-21)29(37-38-29)30(31,32)33/h7-10,23H,5-6,11-20H2,1-4H3,(H,34,41)(H,35,42)(H,36,40)/t23-/m0/s1. The van der Waals surface area contributed by atoms with Gasteiger partial charge < -0.3 is 39.6 Å². The van der Waals surface area contributed by atoms with Crippen LogP contribution in [0.25, 0.3) is 0 Å². The second-order valence-corrected chi connectivity index (χ2v) is 11.4. The van der Waals surface area contributed by atoms with E-state index in [9.17, 15) is 32.3 Å². The Kier molecular flexibility index (Phi) is 16.0. The molecule has 2 rings (SSSR count). The summed E-state index contributed by atoms with van der Waals surface area (Å²) in [6, 6.07) is 3.46. The lowest BCUT2D eigenvalue weighted by atomic mass is 10.0. The third kappa shape index (κ3) is 14.6. The first-order valence-corrected chi connectivity index (χ1v) is 15.2. The van der Waals surface area contributed by atoms with Crippen molar-refractivity contribution in [2.24, 2.45) is 10.2 Å². The Bertz CT molecular complexity index is 1180. The Balaban J connectivity index is 1.60. The van der Waals surface area contributed by atoms with Gasteiger partial charge in [-0.3, -0.25) is 14.4 Å². The van der Waals surface area contributed by atoms with E-state index in [0.29, 0.717) is 59.0 Å². The second kappa shape index (κ2) is 19.1. The van der Waals surface area contributed by atoms with Crippen molar-refractivity contribution in [3.05, 3.63) is 35.4 Å². The number of esters is 1. The fourth-order valence-corrected chi connectivity index (χ4v) is 3.90. The summed E-state index contributed by atoms with van der Waals surface area (Å²) in [5, 5.41) is 14.1. The lowest BCUT2D eigenvalue weighted by Crippen LogP contribution is -2.47. The molecule has 1 atom stereocenters. The largest absolute Gasteiger partial charge is 0.469 e. The van der Waals surface area contributed by atoms with Crippen molar-refractivity contribution >= 4 is 23.9 Å². The van der Waals surface area contributed by atoms with Gasteiger partial charge in [-0.15, -0.1) is 10.2 Å². The van der Waals surface area contributed by atoms with Crippen LogP contribution in [-0.2, 0) is 38.9 Å². The van der Waals surface area contributed by atoms with Crippen LogP contribution in [0.2, 0.25) is 0 Å². The average molecular weight is 676 g/mol. The molecule has 1 heterocycles. The van der Waals surface area contributed by atoms with Gasteiger partial charge in [-0.25, -0.2) is 4.79 Å². The van der Waals surface area contributed by atoms with Crippen LogP contribution in [-0.4, -0.2) is 102 Å². The van der Waals surface area contributed by atoms with Crippen molar-refractivity contribution in [1.29, 1.82) is 0 Å². The number of nitrogens with zero attached hydrogens (tertiary/aromatic N) is 2. The number of halogens is 3. The van der Waals surface area contributed by atoms with Crippen molar-refractivity contribution < 1.29 is 56.0 Å². The fraction of sp³-hybridized carbons (Fsp3) is 0.667. The highest BCUT2D eigenvalue weighted by Crippen LogP contribution is 2.52. The van der Waals surface area contributed by atoms with Gasteiger partial charge in [0.05, 0.1) is 33.5 Å². The van der Waals surface area contributed by atoms with E-state index in [1.165, 1.54) is 19.2 Å². The number of alkyl carbamates (subject to hydrolysis) is 1. The highest BCUT2D eigenvalue weighted by Gasteiger charge is 2.65. The maximum absolute atomic E-state index is 13.2. The van der Waals surface area contributed by atoms with Gasteiger partial charge in [0.15, 0.2) is 0 Å². The number of alkyl halides is 3. The zero-order chi connectivity index (χ0) is 34.9. The van der Waals surface area contributed by atoms with Crippen LogP contribution in [0.4, 0.5) is 18.0 Å². The molecule has 47 heavy (non-hydrogen) atoms. The summed E-state index contributed by atoms with van der Waals surface area (Å²) in [4.78, 5) is 48.7. The molecule has 0 fully saturated rings. The zero-order valence-electron chi connectivity index (χ0n) is 27.1. The van der Waals surface area contributed by atoms with Gasteiger partial charge in [0, 0.05) is 43.9 Å². The maximum atomic E-state index is 13.2. The van der Waals surface area contributed by atoms with Crippen LogP contribution in [0, 0.1) is 0 Å². The van der Waals surface area contributed by atoms with Gasteiger partial charge in [0.2, 0.25) is 5.91 Å². The number of amides is 3. The maximum Gasteiger partial charge on any atom is 0.442 e. The molecule has 0 spiro atoms. The Morgan fingerprint density at radius 3 is 1.85 bits per heavy atom. The number of ether oxygens (including phenoxy) is 5. The minimum Gasteiger partial charge on any atom is -0.469 e. The van der Waals surface area contributed by atoms with Crippen LogP contribution in [0.15, 0.2) is 34.5 Å². The molecule has 1 aromatic carbocycles. The van der Waals surface area contributed by atoms with Crippen molar-refractivity contribution in [1.82, 2.24) is 16.0 Å². The Hall–Kier alpha value is -3.83. The van der Waals surface area contributed by atoms with E-state index >= 15 is 0 Å². The van der Waals surface area contributed by atoms with Gasteiger partial charge in [-0.05, 0) is 52.2 Å². The first kappa shape index (κ1) is 39.3. The number of nitrogens with one attached hydrogen (secondary N) is 3. The minimum atomic E-state index is -4.70. The zero-order valence-corrected chi connectivity index (χ0v) is 27.1. The number of rotatable bonds is 21. The van der Waals surface area contributed by atoms with Gasteiger partial charge >= 0.3 is 23.9 Å². The molecule has 0 aliphatic carbocycles. The normalized spacial score (nSPS) is 14.2. The van der Waals surface area contributed by atoms with Crippen LogP contribution < -0.4 is 16.0 Å². The third-order valence-electron chi connectivity index (χ3n) is 6.37. The van der Waals surface area contributed by atoms with Crippen molar-refractivity contribution in [2.45, 2.75) is 69.9 Å². The highest BCUT2D eigenvalue weighted by molar-refractivity contribution is 5.97. The molecule has 0 saturated carbocycles. The van der Waals surface area contributed by atoms with E-state index in [4.69, 9.17) is 18.9 Å². The topological polar surface area (TPSA) is 175 Å². The van der Waals surface area contributed by atoms with E-state index in [1.54, 1.807) is 20.8 Å². The highest BCUT2D eigenvalue weighted by atomic mass is 19.4. The first-order valence-electron chi connectivity index (χ1n) is 15.2. The average Bonchev–Trinajstić information content (AvgIpc) is 3.82.